The summed E-state index contributed by atoms with van der Waals surface area (Å²) in [7, 11) is 0. The Bertz CT molecular complexity index is 3560. The van der Waals surface area contributed by atoms with Gasteiger partial charge in [-0.1, -0.05) is 188 Å². The van der Waals surface area contributed by atoms with Crippen molar-refractivity contribution in [1.29, 1.82) is 0 Å². The summed E-state index contributed by atoms with van der Waals surface area (Å²) < 4.78 is 2.59. The number of nitrogens with zero attached hydrogens (tertiary/aromatic N) is 3. The van der Waals surface area contributed by atoms with Crippen LogP contribution in [0.3, 0.4) is 0 Å². The molecule has 0 unspecified atom stereocenters. The fraction of sp³-hybridized carbons (Fsp3) is 0. The molecule has 274 valence electrons. The molecule has 0 spiro atoms. The molecule has 10 aromatic carbocycles. The number of hydrogen-bond donors (Lipinski definition) is 0. The van der Waals surface area contributed by atoms with Crippen molar-refractivity contribution in [3.8, 4) is 56.4 Å². The highest BCUT2D eigenvalue weighted by Crippen LogP contribution is 2.49. The Morgan fingerprint density at radius 1 is 0.288 bits per heavy atom. The van der Waals surface area contributed by atoms with Gasteiger partial charge in [-0.15, -0.1) is 11.3 Å². The van der Waals surface area contributed by atoms with Gasteiger partial charge in [-0.25, -0.2) is 15.0 Å². The third-order valence-corrected chi connectivity index (χ3v) is 12.9. The predicted octanol–water partition coefficient (Wildman–Crippen LogP) is 15.2. The Morgan fingerprint density at radius 3 is 1.44 bits per heavy atom. The molecule has 12 rings (SSSR count). The zero-order valence-electron chi connectivity index (χ0n) is 31.8. The van der Waals surface area contributed by atoms with Crippen molar-refractivity contribution in [3.63, 3.8) is 0 Å². The zero-order chi connectivity index (χ0) is 38.9. The molecular weight excluding hydrogens is 735 g/mol. The molecule has 0 fully saturated rings. The molecule has 59 heavy (non-hydrogen) atoms. The summed E-state index contributed by atoms with van der Waals surface area (Å²) in [4.78, 5) is 15.3. The van der Waals surface area contributed by atoms with Crippen LogP contribution in [0, 0.1) is 0 Å². The van der Waals surface area contributed by atoms with E-state index in [0.717, 1.165) is 27.8 Å². The Kier molecular flexibility index (Phi) is 7.72. The lowest BCUT2D eigenvalue weighted by Gasteiger charge is -2.13. The second-order valence-electron chi connectivity index (χ2n) is 15.1. The second-order valence-corrected chi connectivity index (χ2v) is 16.2. The smallest absolute Gasteiger partial charge is 0.164 e. The Labute approximate surface area is 344 Å². The van der Waals surface area contributed by atoms with Crippen LogP contribution < -0.4 is 0 Å². The molecule has 12 aromatic rings. The van der Waals surface area contributed by atoms with E-state index in [9.17, 15) is 0 Å². The number of benzene rings is 10. The number of thiophene rings is 1. The first-order chi connectivity index (χ1) is 29.2. The van der Waals surface area contributed by atoms with Gasteiger partial charge in [0.05, 0.1) is 0 Å². The summed E-state index contributed by atoms with van der Waals surface area (Å²) in [6.07, 6.45) is 0. The summed E-state index contributed by atoms with van der Waals surface area (Å²) in [6.45, 7) is 0. The SMILES string of the molecule is c1ccc(-c2ccc(-c3nc(-c4ccccc4)nc(-c4cccc(-c5c6ccccc6cc6sc7c(ccc8c9ccccc9c9ccccc9c87)c56)c4)n3)cc2)cc1. The standard InChI is InChI=1S/C55H33N3S/c1-3-14-34(15-4-1)35-26-28-37(29-27-35)54-56-53(36-16-5-2-6-17-36)57-55(58-54)40-20-13-19-39(32-40)49-41-21-8-7-18-38(41)33-48-51(49)47-31-30-46-44-24-10-9-22-42(44)43-23-11-12-25-45(43)50(46)52(47)59-48/h1-33H. The van der Waals surface area contributed by atoms with E-state index in [4.69, 9.17) is 15.0 Å². The van der Waals surface area contributed by atoms with E-state index in [0.29, 0.717) is 17.5 Å². The van der Waals surface area contributed by atoms with Crippen LogP contribution in [0.15, 0.2) is 200 Å². The molecule has 2 heterocycles. The fourth-order valence-corrected chi connectivity index (χ4v) is 10.3. The quantitative estimate of drug-likeness (QED) is 0.164. The van der Waals surface area contributed by atoms with E-state index in [1.54, 1.807) is 0 Å². The van der Waals surface area contributed by atoms with Crippen molar-refractivity contribution in [2.45, 2.75) is 0 Å². The average Bonchev–Trinajstić information content (AvgIpc) is 3.69. The number of hydrogen-bond acceptors (Lipinski definition) is 4. The molecule has 0 saturated heterocycles. The normalized spacial score (nSPS) is 11.7. The zero-order valence-corrected chi connectivity index (χ0v) is 32.6. The van der Waals surface area contributed by atoms with Crippen LogP contribution in [0.4, 0.5) is 0 Å². The third kappa shape index (κ3) is 5.53. The van der Waals surface area contributed by atoms with Crippen molar-refractivity contribution in [2.24, 2.45) is 0 Å². The van der Waals surface area contributed by atoms with Crippen molar-refractivity contribution in [1.82, 2.24) is 15.0 Å². The topological polar surface area (TPSA) is 38.7 Å². The minimum atomic E-state index is 0.638. The molecule has 0 saturated carbocycles. The number of rotatable bonds is 5. The molecule has 0 aliphatic heterocycles. The average molecular weight is 768 g/mol. The first-order valence-corrected chi connectivity index (χ1v) is 20.8. The molecule has 2 aromatic heterocycles. The van der Waals surface area contributed by atoms with E-state index in [1.807, 2.05) is 35.6 Å². The lowest BCUT2D eigenvalue weighted by Crippen LogP contribution is -2.00. The van der Waals surface area contributed by atoms with Gasteiger partial charge < -0.3 is 0 Å². The minimum absolute atomic E-state index is 0.638. The molecule has 0 radical (unpaired) electrons. The molecule has 0 amide bonds. The van der Waals surface area contributed by atoms with Crippen molar-refractivity contribution in [2.75, 3.05) is 0 Å². The van der Waals surface area contributed by atoms with Gasteiger partial charge in [0, 0.05) is 42.2 Å². The van der Waals surface area contributed by atoms with E-state index in [1.165, 1.54) is 74.4 Å². The van der Waals surface area contributed by atoms with Crippen LogP contribution in [0.2, 0.25) is 0 Å². The van der Waals surface area contributed by atoms with E-state index in [2.05, 4.69) is 176 Å². The van der Waals surface area contributed by atoms with Crippen molar-refractivity contribution in [3.05, 3.63) is 200 Å². The monoisotopic (exact) mass is 767 g/mol. The van der Waals surface area contributed by atoms with Crippen LogP contribution in [0.5, 0.6) is 0 Å². The molecule has 4 heteroatoms. The largest absolute Gasteiger partial charge is 0.208 e. The lowest BCUT2D eigenvalue weighted by atomic mass is 9.90. The van der Waals surface area contributed by atoms with E-state index in [-0.39, 0.29) is 0 Å². The van der Waals surface area contributed by atoms with Crippen molar-refractivity contribution >= 4 is 74.6 Å². The highest BCUT2D eigenvalue weighted by Gasteiger charge is 2.20. The van der Waals surface area contributed by atoms with Crippen LogP contribution >= 0.6 is 11.3 Å². The van der Waals surface area contributed by atoms with Crippen LogP contribution in [0.25, 0.3) is 120 Å². The Balaban J connectivity index is 1.08. The summed E-state index contributed by atoms with van der Waals surface area (Å²) in [5, 5.41) is 12.8. The maximum absolute atomic E-state index is 5.17. The summed E-state index contributed by atoms with van der Waals surface area (Å²) in [5.74, 6) is 1.92. The third-order valence-electron chi connectivity index (χ3n) is 11.7. The van der Waals surface area contributed by atoms with E-state index < -0.39 is 0 Å². The highest BCUT2D eigenvalue weighted by atomic mass is 32.1. The molecule has 0 aliphatic rings. The van der Waals surface area contributed by atoms with Gasteiger partial charge in [0.25, 0.3) is 0 Å². The molecular formula is C55H33N3S. The van der Waals surface area contributed by atoms with Gasteiger partial charge in [0.15, 0.2) is 17.5 Å². The van der Waals surface area contributed by atoms with Crippen molar-refractivity contribution < 1.29 is 0 Å². The van der Waals surface area contributed by atoms with Crippen LogP contribution in [-0.4, -0.2) is 15.0 Å². The molecule has 3 nitrogen and oxygen atoms in total. The minimum Gasteiger partial charge on any atom is -0.208 e. The highest BCUT2D eigenvalue weighted by molar-refractivity contribution is 7.27. The van der Waals surface area contributed by atoms with Gasteiger partial charge in [-0.05, 0) is 72.1 Å². The van der Waals surface area contributed by atoms with Gasteiger partial charge in [0.2, 0.25) is 0 Å². The molecule has 0 bridgehead atoms. The summed E-state index contributed by atoms with van der Waals surface area (Å²) in [5.41, 5.74) is 7.50. The summed E-state index contributed by atoms with van der Waals surface area (Å²) >= 11 is 1.90. The molecule has 0 aliphatic carbocycles. The van der Waals surface area contributed by atoms with Gasteiger partial charge in [-0.2, -0.15) is 0 Å². The number of fused-ring (bicyclic) bond motifs is 11. The molecule has 0 atom stereocenters. The first-order valence-electron chi connectivity index (χ1n) is 19.9. The van der Waals surface area contributed by atoms with Gasteiger partial charge in [-0.3, -0.25) is 0 Å². The maximum Gasteiger partial charge on any atom is 0.164 e. The van der Waals surface area contributed by atoms with Gasteiger partial charge in [0.1, 0.15) is 0 Å². The maximum atomic E-state index is 5.17. The predicted molar refractivity (Wildman–Crippen MR) is 250 cm³/mol. The fourth-order valence-electron chi connectivity index (χ4n) is 8.95. The molecule has 0 N–H and O–H groups in total. The Hall–Kier alpha value is -7.53. The lowest BCUT2D eigenvalue weighted by molar-refractivity contribution is 1.07. The first kappa shape index (κ1) is 33.6. The van der Waals surface area contributed by atoms with E-state index >= 15 is 0 Å². The van der Waals surface area contributed by atoms with Crippen LogP contribution in [-0.2, 0) is 0 Å². The Morgan fingerprint density at radius 2 is 0.746 bits per heavy atom. The van der Waals surface area contributed by atoms with Gasteiger partial charge >= 0.3 is 0 Å². The second kappa shape index (κ2) is 13.6. The number of aromatic nitrogens is 3. The summed E-state index contributed by atoms with van der Waals surface area (Å²) in [6, 6.07) is 71.5. The van der Waals surface area contributed by atoms with Crippen LogP contribution in [0.1, 0.15) is 0 Å².